The maximum absolute atomic E-state index is 12.4. The fraction of sp³-hybridized carbons (Fsp3) is 0.556. The van der Waals surface area contributed by atoms with Crippen molar-refractivity contribution in [3.05, 3.63) is 11.2 Å². The third-order valence-electron chi connectivity index (χ3n) is 1.94. The number of aromatic nitrogens is 2. The molecule has 1 heterocycles. The first-order chi connectivity index (χ1) is 8.08. The molecule has 1 aromatic heterocycles. The lowest BCUT2D eigenvalue weighted by molar-refractivity contribution is 0.154. The summed E-state index contributed by atoms with van der Waals surface area (Å²) in [6.07, 6.45) is -1.20. The van der Waals surface area contributed by atoms with Gasteiger partial charge in [-0.05, 0) is 0 Å². The van der Waals surface area contributed by atoms with Gasteiger partial charge >= 0.3 is 6.01 Å². The van der Waals surface area contributed by atoms with Crippen LogP contribution in [0.3, 0.4) is 0 Å². The predicted octanol–water partition coefficient (Wildman–Crippen LogP) is 1.17. The van der Waals surface area contributed by atoms with Crippen LogP contribution in [-0.4, -0.2) is 43.1 Å². The van der Waals surface area contributed by atoms with E-state index < -0.39 is 13.0 Å². The van der Waals surface area contributed by atoms with Crippen LogP contribution in [0.1, 0.15) is 0 Å². The van der Waals surface area contributed by atoms with E-state index in [1.54, 1.807) is 0 Å². The zero-order valence-electron chi connectivity index (χ0n) is 9.24. The van der Waals surface area contributed by atoms with Crippen molar-refractivity contribution in [3.8, 4) is 6.01 Å². The normalized spacial score (nSPS) is 10.7. The van der Waals surface area contributed by atoms with Crippen molar-refractivity contribution in [2.24, 2.45) is 5.73 Å². The standard InChI is InChI=1S/C9H13ClF2N4O/c1-17-9-14-4-6(10)8(15-9)16(3-2-13)5-7(11)12/h4,7H,2-3,5,13H2,1H3. The molecule has 0 unspecified atom stereocenters. The Morgan fingerprint density at radius 2 is 2.29 bits per heavy atom. The monoisotopic (exact) mass is 266 g/mol. The third kappa shape index (κ3) is 3.94. The summed E-state index contributed by atoms with van der Waals surface area (Å²) in [5.74, 6) is 0.198. The van der Waals surface area contributed by atoms with Gasteiger partial charge in [-0.1, -0.05) is 11.6 Å². The van der Waals surface area contributed by atoms with Crippen molar-refractivity contribution >= 4 is 17.4 Å². The van der Waals surface area contributed by atoms with Gasteiger partial charge in [-0.15, -0.1) is 0 Å². The number of rotatable bonds is 6. The number of ether oxygens (including phenoxy) is 1. The van der Waals surface area contributed by atoms with Gasteiger partial charge in [-0.2, -0.15) is 4.98 Å². The molecule has 1 aromatic rings. The minimum absolute atomic E-state index is 0.0701. The summed E-state index contributed by atoms with van der Waals surface area (Å²) in [4.78, 5) is 9.01. The Hall–Kier alpha value is -1.21. The fourth-order valence-corrected chi connectivity index (χ4v) is 1.48. The van der Waals surface area contributed by atoms with Gasteiger partial charge in [0.15, 0.2) is 5.82 Å². The van der Waals surface area contributed by atoms with E-state index in [1.807, 2.05) is 0 Å². The lowest BCUT2D eigenvalue weighted by Crippen LogP contribution is -2.34. The Bertz CT molecular complexity index is 367. The molecule has 1 rings (SSSR count). The van der Waals surface area contributed by atoms with Gasteiger partial charge in [0.1, 0.15) is 5.02 Å². The molecular formula is C9H13ClF2N4O. The van der Waals surface area contributed by atoms with E-state index in [0.29, 0.717) is 0 Å². The van der Waals surface area contributed by atoms with Crippen LogP contribution in [0.25, 0.3) is 0 Å². The van der Waals surface area contributed by atoms with Crippen molar-refractivity contribution in [1.29, 1.82) is 0 Å². The van der Waals surface area contributed by atoms with Crippen molar-refractivity contribution in [2.75, 3.05) is 31.6 Å². The lowest BCUT2D eigenvalue weighted by atomic mass is 10.4. The van der Waals surface area contributed by atoms with Crippen LogP contribution in [0.2, 0.25) is 5.02 Å². The summed E-state index contributed by atoms with van der Waals surface area (Å²) in [5.41, 5.74) is 5.36. The summed E-state index contributed by atoms with van der Waals surface area (Å²) in [6.45, 7) is -0.0450. The zero-order valence-corrected chi connectivity index (χ0v) is 9.99. The average Bonchev–Trinajstić information content (AvgIpc) is 2.28. The Kier molecular flexibility index (Phi) is 5.30. The van der Waals surface area contributed by atoms with E-state index in [9.17, 15) is 8.78 Å². The molecule has 0 saturated carbocycles. The number of nitrogens with zero attached hydrogens (tertiary/aromatic N) is 3. The molecule has 0 saturated heterocycles. The second kappa shape index (κ2) is 6.51. The highest BCUT2D eigenvalue weighted by atomic mass is 35.5. The Labute approximate surface area is 103 Å². The summed E-state index contributed by atoms with van der Waals surface area (Å²) in [5, 5.41) is 0.180. The van der Waals surface area contributed by atoms with Crippen molar-refractivity contribution in [2.45, 2.75) is 6.43 Å². The van der Waals surface area contributed by atoms with Crippen molar-refractivity contribution < 1.29 is 13.5 Å². The molecule has 0 bridgehead atoms. The van der Waals surface area contributed by atoms with E-state index in [1.165, 1.54) is 18.2 Å². The number of nitrogens with two attached hydrogens (primary N) is 1. The molecule has 0 amide bonds. The van der Waals surface area contributed by atoms with Gasteiger partial charge in [0.25, 0.3) is 6.43 Å². The van der Waals surface area contributed by atoms with Crippen LogP contribution in [0.5, 0.6) is 6.01 Å². The van der Waals surface area contributed by atoms with Gasteiger partial charge in [0.2, 0.25) is 0 Å². The highest BCUT2D eigenvalue weighted by Gasteiger charge is 2.17. The average molecular weight is 267 g/mol. The molecule has 0 aliphatic carbocycles. The van der Waals surface area contributed by atoms with Gasteiger partial charge < -0.3 is 15.4 Å². The van der Waals surface area contributed by atoms with E-state index >= 15 is 0 Å². The molecule has 0 atom stereocenters. The zero-order chi connectivity index (χ0) is 12.8. The molecule has 0 radical (unpaired) electrons. The summed E-state index contributed by atoms with van der Waals surface area (Å²) < 4.78 is 29.6. The number of alkyl halides is 2. The molecule has 0 aromatic carbocycles. The molecule has 0 aliphatic rings. The van der Waals surface area contributed by atoms with Crippen LogP contribution in [0, 0.1) is 0 Å². The number of halogens is 3. The summed E-state index contributed by atoms with van der Waals surface area (Å²) in [7, 11) is 1.38. The minimum atomic E-state index is -2.50. The smallest absolute Gasteiger partial charge is 0.318 e. The molecule has 96 valence electrons. The minimum Gasteiger partial charge on any atom is -0.467 e. The third-order valence-corrected chi connectivity index (χ3v) is 2.21. The molecule has 0 aliphatic heterocycles. The molecule has 0 spiro atoms. The topological polar surface area (TPSA) is 64.3 Å². The van der Waals surface area contributed by atoms with Crippen LogP contribution >= 0.6 is 11.6 Å². The molecule has 5 nitrogen and oxygen atoms in total. The van der Waals surface area contributed by atoms with Crippen LogP contribution < -0.4 is 15.4 Å². The quantitative estimate of drug-likeness (QED) is 0.837. The summed E-state index contributed by atoms with van der Waals surface area (Å²) >= 11 is 5.86. The number of anilines is 1. The highest BCUT2D eigenvalue weighted by molar-refractivity contribution is 6.32. The molecule has 17 heavy (non-hydrogen) atoms. The second-order valence-corrected chi connectivity index (χ2v) is 3.56. The van der Waals surface area contributed by atoms with E-state index in [0.717, 1.165) is 0 Å². The Balaban J connectivity index is 2.98. The largest absolute Gasteiger partial charge is 0.467 e. The number of methoxy groups -OCH3 is 1. The first-order valence-electron chi connectivity index (χ1n) is 4.88. The predicted molar refractivity (Wildman–Crippen MR) is 60.9 cm³/mol. The van der Waals surface area contributed by atoms with E-state index in [-0.39, 0.29) is 29.9 Å². The van der Waals surface area contributed by atoms with E-state index in [2.05, 4.69) is 9.97 Å². The molecule has 2 N–H and O–H groups in total. The molecular weight excluding hydrogens is 254 g/mol. The summed E-state index contributed by atoms with van der Waals surface area (Å²) in [6, 6.07) is 0.0701. The van der Waals surface area contributed by atoms with Gasteiger partial charge in [-0.3, -0.25) is 0 Å². The van der Waals surface area contributed by atoms with Crippen molar-refractivity contribution in [3.63, 3.8) is 0 Å². The Morgan fingerprint density at radius 1 is 1.59 bits per heavy atom. The highest BCUT2D eigenvalue weighted by Crippen LogP contribution is 2.24. The first kappa shape index (κ1) is 13.9. The first-order valence-corrected chi connectivity index (χ1v) is 5.26. The van der Waals surface area contributed by atoms with Gasteiger partial charge in [0, 0.05) is 13.1 Å². The van der Waals surface area contributed by atoms with Crippen LogP contribution in [0.4, 0.5) is 14.6 Å². The molecule has 8 heteroatoms. The fourth-order valence-electron chi connectivity index (χ4n) is 1.27. The Morgan fingerprint density at radius 3 is 2.82 bits per heavy atom. The van der Waals surface area contributed by atoms with Crippen molar-refractivity contribution in [1.82, 2.24) is 9.97 Å². The van der Waals surface area contributed by atoms with Gasteiger partial charge in [-0.25, -0.2) is 13.8 Å². The second-order valence-electron chi connectivity index (χ2n) is 3.15. The van der Waals surface area contributed by atoms with Crippen LogP contribution in [0.15, 0.2) is 6.20 Å². The molecule has 0 fully saturated rings. The maximum Gasteiger partial charge on any atom is 0.318 e. The van der Waals surface area contributed by atoms with E-state index in [4.69, 9.17) is 22.1 Å². The maximum atomic E-state index is 12.4. The van der Waals surface area contributed by atoms with Gasteiger partial charge in [0.05, 0.1) is 19.9 Å². The number of hydrogen-bond acceptors (Lipinski definition) is 5. The van der Waals surface area contributed by atoms with Crippen LogP contribution in [-0.2, 0) is 0 Å². The lowest BCUT2D eigenvalue weighted by Gasteiger charge is -2.23. The SMILES string of the molecule is COc1ncc(Cl)c(N(CCN)CC(F)F)n1. The number of hydrogen-bond donors (Lipinski definition) is 1.